The van der Waals surface area contributed by atoms with Crippen LogP contribution < -0.4 is 0 Å². The highest BCUT2D eigenvalue weighted by molar-refractivity contribution is 5.84. The van der Waals surface area contributed by atoms with E-state index in [9.17, 15) is 18.4 Å². The Morgan fingerprint density at radius 3 is 2.36 bits per heavy atom. The Hall–Kier alpha value is -1.20. The lowest BCUT2D eigenvalue weighted by Crippen LogP contribution is -2.50. The number of carbonyl (C=O) groups excluding carboxylic acids is 2. The molecule has 2 aliphatic rings. The van der Waals surface area contributed by atoms with Gasteiger partial charge in [0.2, 0.25) is 11.8 Å². The molecule has 2 fully saturated rings. The minimum atomic E-state index is -2.50. The summed E-state index contributed by atoms with van der Waals surface area (Å²) in [6.07, 6.45) is 0.566. The maximum absolute atomic E-state index is 12.7. The van der Waals surface area contributed by atoms with Crippen molar-refractivity contribution in [3.05, 3.63) is 0 Å². The van der Waals surface area contributed by atoms with Crippen molar-refractivity contribution in [2.45, 2.75) is 58.9 Å². The van der Waals surface area contributed by atoms with Gasteiger partial charge in [-0.05, 0) is 25.7 Å². The molecular weight excluding hydrogens is 290 g/mol. The molecule has 0 N–H and O–H groups in total. The zero-order valence-corrected chi connectivity index (χ0v) is 13.6. The van der Waals surface area contributed by atoms with Gasteiger partial charge in [-0.3, -0.25) is 9.59 Å². The largest absolute Gasteiger partial charge is 0.341 e. The van der Waals surface area contributed by atoms with Crippen molar-refractivity contribution in [2.24, 2.45) is 11.3 Å². The topological polar surface area (TPSA) is 40.6 Å². The summed E-state index contributed by atoms with van der Waals surface area (Å²) < 4.78 is 25.4. The summed E-state index contributed by atoms with van der Waals surface area (Å²) in [7, 11) is 0. The summed E-state index contributed by atoms with van der Waals surface area (Å²) in [6.45, 7) is 6.10. The van der Waals surface area contributed by atoms with Crippen LogP contribution in [0.4, 0.5) is 8.78 Å². The van der Waals surface area contributed by atoms with Crippen LogP contribution in [-0.2, 0) is 9.59 Å². The van der Waals surface area contributed by atoms with Crippen LogP contribution in [0.3, 0.4) is 0 Å². The van der Waals surface area contributed by atoms with Gasteiger partial charge in [0.15, 0.2) is 0 Å². The lowest BCUT2D eigenvalue weighted by atomic mass is 9.90. The molecule has 2 rings (SSSR count). The van der Waals surface area contributed by atoms with E-state index in [2.05, 4.69) is 0 Å². The Morgan fingerprint density at radius 2 is 1.86 bits per heavy atom. The highest BCUT2D eigenvalue weighted by Gasteiger charge is 2.40. The molecule has 1 heterocycles. The molecule has 0 aromatic rings. The molecule has 0 unspecified atom stereocenters. The van der Waals surface area contributed by atoms with Crippen molar-refractivity contribution >= 4 is 11.8 Å². The van der Waals surface area contributed by atoms with Crippen LogP contribution in [0.5, 0.6) is 0 Å². The van der Waals surface area contributed by atoms with Gasteiger partial charge in [0.25, 0.3) is 6.43 Å². The fraction of sp³-hybridized carbons (Fsp3) is 0.875. The van der Waals surface area contributed by atoms with E-state index in [-0.39, 0.29) is 23.8 Å². The van der Waals surface area contributed by atoms with Gasteiger partial charge in [0.1, 0.15) is 0 Å². The molecule has 6 heteroatoms. The predicted octanol–water partition coefficient (Wildman–Crippen LogP) is 2.53. The maximum atomic E-state index is 12.7. The fourth-order valence-corrected chi connectivity index (χ4v) is 3.03. The molecule has 0 radical (unpaired) electrons. The Balaban J connectivity index is 2.01. The summed E-state index contributed by atoms with van der Waals surface area (Å²) in [6, 6.07) is -0.0183. The second-order valence-electron chi connectivity index (χ2n) is 7.45. The number of halogens is 2. The first-order chi connectivity index (χ1) is 10.2. The van der Waals surface area contributed by atoms with Crippen LogP contribution in [0.15, 0.2) is 0 Å². The zero-order valence-electron chi connectivity index (χ0n) is 13.6. The third-order valence-corrected chi connectivity index (χ3v) is 4.30. The highest BCUT2D eigenvalue weighted by Crippen LogP contribution is 2.31. The lowest BCUT2D eigenvalue weighted by Gasteiger charge is -2.37. The first-order valence-electron chi connectivity index (χ1n) is 8.08. The van der Waals surface area contributed by atoms with Crippen molar-refractivity contribution in [3.8, 4) is 0 Å². The predicted molar refractivity (Wildman–Crippen MR) is 79.5 cm³/mol. The van der Waals surface area contributed by atoms with E-state index in [1.54, 1.807) is 4.90 Å². The number of hydrogen-bond acceptors (Lipinski definition) is 2. The Labute approximate surface area is 130 Å². The minimum Gasteiger partial charge on any atom is -0.341 e. The standard InChI is InChI=1S/C16H26F2N2O2/c1-16(2,3)15(22)19-8-4-5-11(9-19)14(21)20(10-13(17)18)12-6-7-12/h11-13H,4-10H2,1-3H3/t11-/m0/s1. The maximum Gasteiger partial charge on any atom is 0.255 e. The van der Waals surface area contributed by atoms with Crippen LogP contribution in [0.1, 0.15) is 46.5 Å². The number of nitrogens with zero attached hydrogens (tertiary/aromatic N) is 2. The molecule has 1 saturated carbocycles. The van der Waals surface area contributed by atoms with Crippen LogP contribution >= 0.6 is 0 Å². The number of hydrogen-bond donors (Lipinski definition) is 0. The zero-order chi connectivity index (χ0) is 16.5. The molecule has 1 aliphatic heterocycles. The molecule has 0 aromatic heterocycles. The molecule has 1 atom stereocenters. The molecular formula is C16H26F2N2O2. The molecule has 1 aliphatic carbocycles. The Morgan fingerprint density at radius 1 is 1.23 bits per heavy atom. The first kappa shape index (κ1) is 17.2. The Bertz CT molecular complexity index is 430. The number of rotatable bonds is 4. The minimum absolute atomic E-state index is 0.0183. The van der Waals surface area contributed by atoms with Gasteiger partial charge in [0.05, 0.1) is 12.5 Å². The smallest absolute Gasteiger partial charge is 0.255 e. The second-order valence-corrected chi connectivity index (χ2v) is 7.45. The molecule has 126 valence electrons. The van der Waals surface area contributed by atoms with E-state index >= 15 is 0 Å². The first-order valence-corrected chi connectivity index (χ1v) is 8.08. The van der Waals surface area contributed by atoms with Crippen LogP contribution in [0.2, 0.25) is 0 Å². The number of amides is 2. The van der Waals surface area contributed by atoms with Gasteiger partial charge in [-0.2, -0.15) is 0 Å². The lowest BCUT2D eigenvalue weighted by molar-refractivity contribution is -0.146. The van der Waals surface area contributed by atoms with Gasteiger partial charge in [-0.1, -0.05) is 20.8 Å². The van der Waals surface area contributed by atoms with Gasteiger partial charge in [-0.25, -0.2) is 8.78 Å². The second kappa shape index (κ2) is 6.50. The molecule has 4 nitrogen and oxygen atoms in total. The van der Waals surface area contributed by atoms with E-state index < -0.39 is 18.4 Å². The fourth-order valence-electron chi connectivity index (χ4n) is 3.03. The normalized spacial score (nSPS) is 22.8. The highest BCUT2D eigenvalue weighted by atomic mass is 19.3. The molecule has 22 heavy (non-hydrogen) atoms. The molecule has 0 bridgehead atoms. The van der Waals surface area contributed by atoms with Crippen molar-refractivity contribution in [1.82, 2.24) is 9.80 Å². The number of likely N-dealkylation sites (tertiary alicyclic amines) is 1. The van der Waals surface area contributed by atoms with Gasteiger partial charge in [0, 0.05) is 24.5 Å². The average Bonchev–Trinajstić information content (AvgIpc) is 3.26. The van der Waals surface area contributed by atoms with Crippen molar-refractivity contribution in [2.75, 3.05) is 19.6 Å². The van der Waals surface area contributed by atoms with Crippen molar-refractivity contribution < 1.29 is 18.4 Å². The third-order valence-electron chi connectivity index (χ3n) is 4.30. The van der Waals surface area contributed by atoms with Gasteiger partial charge < -0.3 is 9.80 Å². The van der Waals surface area contributed by atoms with Crippen LogP contribution in [-0.4, -0.2) is 53.7 Å². The van der Waals surface area contributed by atoms with E-state index in [4.69, 9.17) is 0 Å². The molecule has 2 amide bonds. The third kappa shape index (κ3) is 4.17. The number of piperidine rings is 1. The summed E-state index contributed by atoms with van der Waals surface area (Å²) in [5, 5.41) is 0. The summed E-state index contributed by atoms with van der Waals surface area (Å²) in [5.74, 6) is -0.509. The van der Waals surface area contributed by atoms with Crippen molar-refractivity contribution in [3.63, 3.8) is 0 Å². The average molecular weight is 316 g/mol. The van der Waals surface area contributed by atoms with Gasteiger partial charge in [-0.15, -0.1) is 0 Å². The monoisotopic (exact) mass is 316 g/mol. The molecule has 1 saturated heterocycles. The molecule has 0 aromatic carbocycles. The summed E-state index contributed by atoms with van der Waals surface area (Å²) >= 11 is 0. The van der Waals surface area contributed by atoms with E-state index in [1.807, 2.05) is 20.8 Å². The van der Waals surface area contributed by atoms with Crippen molar-refractivity contribution in [1.29, 1.82) is 0 Å². The quantitative estimate of drug-likeness (QED) is 0.799. The van der Waals surface area contributed by atoms with E-state index in [1.165, 1.54) is 4.90 Å². The van der Waals surface area contributed by atoms with Gasteiger partial charge >= 0.3 is 0 Å². The molecule has 0 spiro atoms. The number of alkyl halides is 2. The number of carbonyl (C=O) groups is 2. The summed E-state index contributed by atoms with van der Waals surface area (Å²) in [5.41, 5.74) is -0.482. The Kier molecular flexibility index (Phi) is 5.07. The van der Waals surface area contributed by atoms with E-state index in [0.29, 0.717) is 19.5 Å². The SMILES string of the molecule is CC(C)(C)C(=O)N1CCC[C@H](C(=O)N(CC(F)F)C2CC2)C1. The van der Waals surface area contributed by atoms with Crippen LogP contribution in [0, 0.1) is 11.3 Å². The van der Waals surface area contributed by atoms with Crippen LogP contribution in [0.25, 0.3) is 0 Å². The summed E-state index contributed by atoms with van der Waals surface area (Å²) in [4.78, 5) is 28.0. The van der Waals surface area contributed by atoms with E-state index in [0.717, 1.165) is 19.3 Å².